The van der Waals surface area contributed by atoms with Crippen LogP contribution in [0.3, 0.4) is 0 Å². The first-order valence-corrected chi connectivity index (χ1v) is 13.8. The predicted octanol–water partition coefficient (Wildman–Crippen LogP) is 9.80. The topological polar surface area (TPSA) is 18.5 Å². The molecule has 0 unspecified atom stereocenters. The molecule has 1 spiro atoms. The molecule has 0 radical (unpaired) electrons. The van der Waals surface area contributed by atoms with Gasteiger partial charge in [0.05, 0.1) is 23.0 Å². The second-order valence-corrected chi connectivity index (χ2v) is 10.8. The lowest BCUT2D eigenvalue weighted by Gasteiger charge is -2.39. The van der Waals surface area contributed by atoms with Crippen LogP contribution in [0.25, 0.3) is 43.5 Å². The second kappa shape index (κ2) is 7.97. The van der Waals surface area contributed by atoms with Crippen molar-refractivity contribution in [3.05, 3.63) is 167 Å². The summed E-state index contributed by atoms with van der Waals surface area (Å²) in [5.41, 5.74) is 10.6. The van der Waals surface area contributed by atoms with Gasteiger partial charge in [0.15, 0.2) is 11.4 Å². The SMILES string of the molecule is [C-]#[N+]c1ccc(-n2c3ccccc3c3ccc4c(c32)Oc2ccccc2C42c3ccccc3-c3ccccc32)cc1. The lowest BCUT2D eigenvalue weighted by atomic mass is 9.66. The molecular formula is C38H22N2O. The summed E-state index contributed by atoms with van der Waals surface area (Å²) in [7, 11) is 0. The van der Waals surface area contributed by atoms with Gasteiger partial charge in [0, 0.05) is 27.6 Å². The highest BCUT2D eigenvalue weighted by atomic mass is 16.5. The number of rotatable bonds is 1. The fourth-order valence-electron chi connectivity index (χ4n) is 7.31. The standard InChI is InChI=1S/C38H22N2O/c1-39-24-18-20-25(21-19-24)40-34-16-8-4-12-28(34)29-22-23-33-37(36(29)40)41-35-17-9-7-15-32(35)38(33)30-13-5-2-10-26(30)27-11-3-6-14-31(27)38/h2-23H. The Balaban J connectivity index is 1.48. The van der Waals surface area contributed by atoms with E-state index >= 15 is 0 Å². The van der Waals surface area contributed by atoms with Gasteiger partial charge in [0.1, 0.15) is 5.75 Å². The number of hydrogen-bond donors (Lipinski definition) is 0. The van der Waals surface area contributed by atoms with E-state index < -0.39 is 5.41 Å². The summed E-state index contributed by atoms with van der Waals surface area (Å²) in [6.45, 7) is 7.45. The van der Waals surface area contributed by atoms with Gasteiger partial charge in [-0.3, -0.25) is 0 Å². The summed E-state index contributed by atoms with van der Waals surface area (Å²) < 4.78 is 9.27. The maximum absolute atomic E-state index is 7.45. The Labute approximate surface area is 237 Å². The highest BCUT2D eigenvalue weighted by molar-refractivity contribution is 6.12. The van der Waals surface area contributed by atoms with E-state index in [2.05, 4.69) is 119 Å². The van der Waals surface area contributed by atoms with Crippen molar-refractivity contribution in [2.45, 2.75) is 5.41 Å². The van der Waals surface area contributed by atoms with Crippen molar-refractivity contribution in [2.24, 2.45) is 0 Å². The van der Waals surface area contributed by atoms with Gasteiger partial charge < -0.3 is 9.30 Å². The van der Waals surface area contributed by atoms with Crippen LogP contribution in [0.5, 0.6) is 11.5 Å². The van der Waals surface area contributed by atoms with Crippen LogP contribution in [-0.2, 0) is 5.41 Å². The Morgan fingerprint density at radius 2 is 1.20 bits per heavy atom. The minimum Gasteiger partial charge on any atom is -0.454 e. The van der Waals surface area contributed by atoms with Gasteiger partial charge in [-0.2, -0.15) is 0 Å². The number of nitrogens with zero attached hydrogens (tertiary/aromatic N) is 2. The zero-order valence-corrected chi connectivity index (χ0v) is 22.0. The third-order valence-electron chi connectivity index (χ3n) is 8.89. The lowest BCUT2D eigenvalue weighted by molar-refractivity contribution is 0.440. The fourth-order valence-corrected chi connectivity index (χ4v) is 7.31. The molecule has 41 heavy (non-hydrogen) atoms. The second-order valence-electron chi connectivity index (χ2n) is 10.8. The van der Waals surface area contributed by atoms with E-state index in [0.717, 1.165) is 44.7 Å². The minimum absolute atomic E-state index is 0.513. The summed E-state index contributed by atoms with van der Waals surface area (Å²) in [4.78, 5) is 3.62. The molecule has 1 aliphatic carbocycles. The van der Waals surface area contributed by atoms with Crippen molar-refractivity contribution in [1.29, 1.82) is 0 Å². The largest absolute Gasteiger partial charge is 0.454 e. The Hall–Kier alpha value is -5.59. The van der Waals surface area contributed by atoms with Gasteiger partial charge in [0.2, 0.25) is 0 Å². The van der Waals surface area contributed by atoms with Gasteiger partial charge in [0.25, 0.3) is 0 Å². The molecule has 6 aromatic carbocycles. The molecule has 0 N–H and O–H groups in total. The van der Waals surface area contributed by atoms with Crippen LogP contribution >= 0.6 is 0 Å². The molecule has 0 atom stereocenters. The molecule has 2 heterocycles. The number of para-hydroxylation sites is 2. The predicted molar refractivity (Wildman–Crippen MR) is 164 cm³/mol. The van der Waals surface area contributed by atoms with Crippen LogP contribution in [-0.4, -0.2) is 4.57 Å². The molecule has 0 bridgehead atoms. The smallest absolute Gasteiger partial charge is 0.187 e. The van der Waals surface area contributed by atoms with Crippen molar-refractivity contribution in [3.63, 3.8) is 0 Å². The van der Waals surface area contributed by atoms with E-state index in [1.165, 1.54) is 27.6 Å². The van der Waals surface area contributed by atoms with Crippen LogP contribution in [0, 0.1) is 6.57 Å². The third-order valence-corrected chi connectivity index (χ3v) is 8.89. The van der Waals surface area contributed by atoms with E-state index in [-0.39, 0.29) is 0 Å². The Bertz CT molecular complexity index is 2200. The summed E-state index contributed by atoms with van der Waals surface area (Å²) in [6.07, 6.45) is 0. The molecule has 9 rings (SSSR count). The number of ether oxygens (including phenoxy) is 1. The van der Waals surface area contributed by atoms with Crippen LogP contribution in [0.15, 0.2) is 133 Å². The van der Waals surface area contributed by atoms with Gasteiger partial charge in [-0.05, 0) is 46.5 Å². The highest BCUT2D eigenvalue weighted by Gasteiger charge is 2.51. The van der Waals surface area contributed by atoms with Gasteiger partial charge in [-0.15, -0.1) is 0 Å². The summed E-state index contributed by atoms with van der Waals surface area (Å²) in [5.74, 6) is 1.75. The Morgan fingerprint density at radius 1 is 0.561 bits per heavy atom. The summed E-state index contributed by atoms with van der Waals surface area (Å²) >= 11 is 0. The lowest BCUT2D eigenvalue weighted by Crippen LogP contribution is -2.32. The van der Waals surface area contributed by atoms with Gasteiger partial charge >= 0.3 is 0 Å². The molecule has 3 heteroatoms. The van der Waals surface area contributed by atoms with E-state index in [0.29, 0.717) is 5.69 Å². The maximum atomic E-state index is 7.45. The molecule has 2 aliphatic rings. The third kappa shape index (κ3) is 2.71. The van der Waals surface area contributed by atoms with Crippen LogP contribution < -0.4 is 4.74 Å². The van der Waals surface area contributed by atoms with Crippen molar-refractivity contribution in [1.82, 2.24) is 4.57 Å². The van der Waals surface area contributed by atoms with Crippen molar-refractivity contribution < 1.29 is 4.74 Å². The van der Waals surface area contributed by atoms with Crippen molar-refractivity contribution >= 4 is 27.5 Å². The monoisotopic (exact) mass is 522 g/mol. The number of aromatic nitrogens is 1. The van der Waals surface area contributed by atoms with E-state index in [1.54, 1.807) is 0 Å². The first-order chi connectivity index (χ1) is 20.3. The Kier molecular flexibility index (Phi) is 4.33. The van der Waals surface area contributed by atoms with Gasteiger partial charge in [-0.25, -0.2) is 4.85 Å². The first kappa shape index (κ1) is 22.2. The molecule has 0 fully saturated rings. The Morgan fingerprint density at radius 3 is 1.93 bits per heavy atom. The number of fused-ring (bicyclic) bond motifs is 13. The normalized spacial score (nSPS) is 13.7. The number of benzene rings is 6. The molecule has 1 aromatic heterocycles. The van der Waals surface area contributed by atoms with Crippen molar-refractivity contribution in [3.8, 4) is 28.3 Å². The zero-order chi connectivity index (χ0) is 27.1. The fraction of sp³-hybridized carbons (Fsp3) is 0.0263. The average Bonchev–Trinajstić information content (AvgIpc) is 3.53. The maximum Gasteiger partial charge on any atom is 0.187 e. The quantitative estimate of drug-likeness (QED) is 0.196. The molecular weight excluding hydrogens is 500 g/mol. The highest BCUT2D eigenvalue weighted by Crippen LogP contribution is 2.63. The summed E-state index contributed by atoms with van der Waals surface area (Å²) in [6, 6.07) is 47.0. The molecule has 0 saturated carbocycles. The molecule has 0 amide bonds. The molecule has 7 aromatic rings. The van der Waals surface area contributed by atoms with E-state index in [1.807, 2.05) is 24.3 Å². The van der Waals surface area contributed by atoms with Crippen LogP contribution in [0.4, 0.5) is 5.69 Å². The molecule has 0 saturated heterocycles. The molecule has 1 aliphatic heterocycles. The summed E-state index contributed by atoms with van der Waals surface area (Å²) in [5, 5.41) is 2.31. The van der Waals surface area contributed by atoms with Crippen molar-refractivity contribution in [2.75, 3.05) is 0 Å². The van der Waals surface area contributed by atoms with E-state index in [9.17, 15) is 0 Å². The minimum atomic E-state index is -0.513. The van der Waals surface area contributed by atoms with E-state index in [4.69, 9.17) is 11.3 Å². The van der Waals surface area contributed by atoms with Crippen LogP contribution in [0.1, 0.15) is 22.3 Å². The molecule has 3 nitrogen and oxygen atoms in total. The van der Waals surface area contributed by atoms with Crippen LogP contribution in [0.2, 0.25) is 0 Å². The molecule has 190 valence electrons. The zero-order valence-electron chi connectivity index (χ0n) is 22.0. The van der Waals surface area contributed by atoms with Gasteiger partial charge in [-0.1, -0.05) is 109 Å². The average molecular weight is 523 g/mol. The number of hydrogen-bond acceptors (Lipinski definition) is 1. The first-order valence-electron chi connectivity index (χ1n) is 13.8.